The van der Waals surface area contributed by atoms with Gasteiger partial charge in [0.25, 0.3) is 0 Å². The fourth-order valence-corrected chi connectivity index (χ4v) is 2.75. The molecule has 1 N–H and O–H groups in total. The van der Waals surface area contributed by atoms with Gasteiger partial charge in [-0.1, -0.05) is 31.7 Å². The van der Waals surface area contributed by atoms with Gasteiger partial charge in [0.1, 0.15) is 11.9 Å². The molecule has 1 fully saturated rings. The standard InChI is InChI=1S/C17H21FN2O/c1-3-14-5-4-13(10-15(14)21)11-20-9-7-17(2,6-8-19)16(18)12-20/h3-5,10,16,21H,1,6-7,9,11-12H2,2H3. The second-order valence-corrected chi connectivity index (χ2v) is 6.04. The van der Waals surface area contributed by atoms with Gasteiger partial charge < -0.3 is 5.11 Å². The highest BCUT2D eigenvalue weighted by Crippen LogP contribution is 2.37. The Morgan fingerprint density at radius 3 is 2.95 bits per heavy atom. The summed E-state index contributed by atoms with van der Waals surface area (Å²) < 4.78 is 14.3. The van der Waals surface area contributed by atoms with E-state index < -0.39 is 11.6 Å². The van der Waals surface area contributed by atoms with E-state index in [2.05, 4.69) is 12.6 Å². The molecule has 4 heteroatoms. The van der Waals surface area contributed by atoms with Crippen molar-refractivity contribution in [1.82, 2.24) is 4.90 Å². The Bertz CT molecular complexity index is 566. The van der Waals surface area contributed by atoms with Gasteiger partial charge in [-0.2, -0.15) is 5.26 Å². The lowest BCUT2D eigenvalue weighted by Crippen LogP contribution is -2.47. The summed E-state index contributed by atoms with van der Waals surface area (Å²) in [6.07, 6.45) is 1.55. The number of nitrogens with zero attached hydrogens (tertiary/aromatic N) is 2. The normalized spacial score (nSPS) is 26.2. The van der Waals surface area contributed by atoms with Crippen LogP contribution in [0.4, 0.5) is 4.39 Å². The molecule has 1 heterocycles. The van der Waals surface area contributed by atoms with Crippen LogP contribution in [-0.4, -0.2) is 29.3 Å². The van der Waals surface area contributed by atoms with E-state index in [9.17, 15) is 9.50 Å². The third-order valence-electron chi connectivity index (χ3n) is 4.38. The lowest BCUT2D eigenvalue weighted by Gasteiger charge is -2.41. The van der Waals surface area contributed by atoms with Crippen LogP contribution < -0.4 is 0 Å². The number of piperidine rings is 1. The minimum Gasteiger partial charge on any atom is -0.507 e. The number of hydrogen-bond donors (Lipinski definition) is 1. The first-order chi connectivity index (χ1) is 9.98. The molecule has 0 amide bonds. The van der Waals surface area contributed by atoms with E-state index in [0.717, 1.165) is 12.1 Å². The van der Waals surface area contributed by atoms with Crippen LogP contribution in [0.25, 0.3) is 6.08 Å². The summed E-state index contributed by atoms with van der Waals surface area (Å²) in [4.78, 5) is 2.03. The van der Waals surface area contributed by atoms with Crippen molar-refractivity contribution in [2.24, 2.45) is 5.41 Å². The maximum absolute atomic E-state index is 14.3. The van der Waals surface area contributed by atoms with E-state index in [4.69, 9.17) is 5.26 Å². The van der Waals surface area contributed by atoms with Crippen LogP contribution >= 0.6 is 0 Å². The van der Waals surface area contributed by atoms with Gasteiger partial charge in [-0.05, 0) is 24.6 Å². The molecule has 0 aromatic heterocycles. The van der Waals surface area contributed by atoms with E-state index in [-0.39, 0.29) is 12.2 Å². The highest BCUT2D eigenvalue weighted by atomic mass is 19.1. The fraction of sp³-hybridized carbons (Fsp3) is 0.471. The number of phenols is 1. The number of aromatic hydroxyl groups is 1. The average molecular weight is 288 g/mol. The maximum atomic E-state index is 14.3. The molecule has 0 aliphatic carbocycles. The summed E-state index contributed by atoms with van der Waals surface area (Å²) >= 11 is 0. The summed E-state index contributed by atoms with van der Waals surface area (Å²) in [5.41, 5.74) is 1.12. The molecule has 1 aliphatic heterocycles. The van der Waals surface area contributed by atoms with Gasteiger partial charge in [0.05, 0.1) is 6.07 Å². The summed E-state index contributed by atoms with van der Waals surface area (Å²) in [7, 11) is 0. The molecular formula is C17H21FN2O. The average Bonchev–Trinajstić information content (AvgIpc) is 2.44. The van der Waals surface area contributed by atoms with Gasteiger partial charge in [-0.3, -0.25) is 4.90 Å². The van der Waals surface area contributed by atoms with Gasteiger partial charge in [-0.25, -0.2) is 4.39 Å². The van der Waals surface area contributed by atoms with Crippen molar-refractivity contribution in [3.63, 3.8) is 0 Å². The van der Waals surface area contributed by atoms with E-state index in [1.165, 1.54) is 0 Å². The number of halogens is 1. The first kappa shape index (κ1) is 15.5. The monoisotopic (exact) mass is 288 g/mol. The van der Waals surface area contributed by atoms with Crippen molar-refractivity contribution in [2.75, 3.05) is 13.1 Å². The molecule has 1 aliphatic rings. The van der Waals surface area contributed by atoms with Crippen LogP contribution in [0.5, 0.6) is 5.75 Å². The van der Waals surface area contributed by atoms with Crippen LogP contribution in [0.2, 0.25) is 0 Å². The molecule has 112 valence electrons. The Hall–Kier alpha value is -1.86. The number of hydrogen-bond acceptors (Lipinski definition) is 3. The van der Waals surface area contributed by atoms with Crippen molar-refractivity contribution < 1.29 is 9.50 Å². The molecule has 0 spiro atoms. The molecule has 21 heavy (non-hydrogen) atoms. The summed E-state index contributed by atoms with van der Waals surface area (Å²) in [5.74, 6) is 0.200. The van der Waals surface area contributed by atoms with E-state index in [1.807, 2.05) is 24.0 Å². The lowest BCUT2D eigenvalue weighted by molar-refractivity contribution is 0.0186. The van der Waals surface area contributed by atoms with Crippen LogP contribution in [-0.2, 0) is 6.54 Å². The molecule has 3 nitrogen and oxygen atoms in total. The first-order valence-electron chi connectivity index (χ1n) is 7.16. The Morgan fingerprint density at radius 1 is 1.62 bits per heavy atom. The van der Waals surface area contributed by atoms with Gasteiger partial charge in [0.2, 0.25) is 0 Å². The van der Waals surface area contributed by atoms with Crippen LogP contribution in [0.1, 0.15) is 30.9 Å². The number of alkyl halides is 1. The second-order valence-electron chi connectivity index (χ2n) is 6.04. The van der Waals surface area contributed by atoms with E-state index in [0.29, 0.717) is 25.1 Å². The summed E-state index contributed by atoms with van der Waals surface area (Å²) in [5, 5.41) is 18.6. The zero-order valence-electron chi connectivity index (χ0n) is 12.3. The maximum Gasteiger partial charge on any atom is 0.123 e. The van der Waals surface area contributed by atoms with Crippen molar-refractivity contribution >= 4 is 6.08 Å². The number of rotatable bonds is 4. The highest BCUT2D eigenvalue weighted by molar-refractivity contribution is 5.55. The summed E-state index contributed by atoms with van der Waals surface area (Å²) in [6.45, 7) is 7.19. The molecule has 2 unspecified atom stereocenters. The molecule has 1 saturated heterocycles. The van der Waals surface area contributed by atoms with Crippen LogP contribution in [0.15, 0.2) is 24.8 Å². The molecule has 1 aromatic rings. The zero-order valence-corrected chi connectivity index (χ0v) is 12.3. The predicted molar refractivity (Wildman–Crippen MR) is 81.3 cm³/mol. The largest absolute Gasteiger partial charge is 0.507 e. The number of likely N-dealkylation sites (tertiary alicyclic amines) is 1. The van der Waals surface area contributed by atoms with Gasteiger partial charge in [0.15, 0.2) is 0 Å². The minimum atomic E-state index is -0.994. The van der Waals surface area contributed by atoms with Crippen LogP contribution in [0.3, 0.4) is 0 Å². The van der Waals surface area contributed by atoms with Gasteiger partial charge >= 0.3 is 0 Å². The molecule has 2 rings (SSSR count). The number of nitriles is 1. The lowest BCUT2D eigenvalue weighted by atomic mass is 9.76. The number of benzene rings is 1. The quantitative estimate of drug-likeness (QED) is 0.922. The van der Waals surface area contributed by atoms with Crippen molar-refractivity contribution in [2.45, 2.75) is 32.5 Å². The first-order valence-corrected chi connectivity index (χ1v) is 7.16. The molecule has 1 aromatic carbocycles. The predicted octanol–water partition coefficient (Wildman–Crippen LogP) is 3.50. The fourth-order valence-electron chi connectivity index (χ4n) is 2.75. The smallest absolute Gasteiger partial charge is 0.123 e. The molecule has 0 bridgehead atoms. The topological polar surface area (TPSA) is 47.3 Å². The van der Waals surface area contributed by atoms with Gasteiger partial charge in [0, 0.05) is 30.5 Å². The molecular weight excluding hydrogens is 267 g/mol. The number of phenolic OH excluding ortho intramolecular Hbond substituents is 1. The molecule has 0 radical (unpaired) electrons. The second kappa shape index (κ2) is 6.28. The van der Waals surface area contributed by atoms with Crippen molar-refractivity contribution in [3.8, 4) is 11.8 Å². The summed E-state index contributed by atoms with van der Waals surface area (Å²) in [6, 6.07) is 7.53. The molecule has 0 saturated carbocycles. The van der Waals surface area contributed by atoms with E-state index in [1.54, 1.807) is 12.1 Å². The molecule has 2 atom stereocenters. The van der Waals surface area contributed by atoms with E-state index >= 15 is 0 Å². The Balaban J connectivity index is 2.01. The van der Waals surface area contributed by atoms with Crippen LogP contribution in [0, 0.1) is 16.7 Å². The highest BCUT2D eigenvalue weighted by Gasteiger charge is 2.39. The SMILES string of the molecule is C=Cc1ccc(CN2CCC(C)(CC#N)C(F)C2)cc1O. The third-order valence-corrected chi connectivity index (χ3v) is 4.38. The van der Waals surface area contributed by atoms with Crippen molar-refractivity contribution in [3.05, 3.63) is 35.9 Å². The third kappa shape index (κ3) is 3.43. The minimum absolute atomic E-state index is 0.200. The Morgan fingerprint density at radius 2 is 2.38 bits per heavy atom. The van der Waals surface area contributed by atoms with Gasteiger partial charge in [-0.15, -0.1) is 0 Å². The van der Waals surface area contributed by atoms with Crippen molar-refractivity contribution in [1.29, 1.82) is 5.26 Å². The Labute approximate surface area is 125 Å². The Kier molecular flexibility index (Phi) is 4.64. The zero-order chi connectivity index (χ0) is 15.5.